The van der Waals surface area contributed by atoms with Crippen molar-refractivity contribution in [2.75, 3.05) is 11.1 Å². The van der Waals surface area contributed by atoms with Crippen LogP contribution >= 0.6 is 11.8 Å². The van der Waals surface area contributed by atoms with Crippen LogP contribution in [0.3, 0.4) is 0 Å². The van der Waals surface area contributed by atoms with Gasteiger partial charge < -0.3 is 9.73 Å². The van der Waals surface area contributed by atoms with Crippen molar-refractivity contribution in [1.82, 2.24) is 14.8 Å². The molecule has 0 atom stereocenters. The molecule has 150 valence electrons. The Morgan fingerprint density at radius 1 is 1.38 bits per heavy atom. The maximum absolute atomic E-state index is 12.2. The predicted octanol–water partition coefficient (Wildman–Crippen LogP) is 4.06. The highest BCUT2D eigenvalue weighted by molar-refractivity contribution is 7.99. The van der Waals surface area contributed by atoms with Crippen molar-refractivity contribution >= 4 is 29.0 Å². The Morgan fingerprint density at radius 3 is 2.86 bits per heavy atom. The molecule has 0 aliphatic carbocycles. The Kier molecular flexibility index (Phi) is 6.45. The molecule has 2 aromatic heterocycles. The Morgan fingerprint density at radius 2 is 2.17 bits per heavy atom. The highest BCUT2D eigenvalue weighted by atomic mass is 32.2. The first kappa shape index (κ1) is 20.3. The van der Waals surface area contributed by atoms with Crippen LogP contribution in [0.25, 0.3) is 11.4 Å². The summed E-state index contributed by atoms with van der Waals surface area (Å²) in [7, 11) is 0. The van der Waals surface area contributed by atoms with Gasteiger partial charge in [-0.15, -0.1) is 16.8 Å². The zero-order chi connectivity index (χ0) is 20.8. The molecule has 0 aliphatic rings. The summed E-state index contributed by atoms with van der Waals surface area (Å²) in [5, 5.41) is 22.7. The molecule has 0 unspecified atom stereocenters. The normalized spacial score (nSPS) is 10.7. The second-order valence-corrected chi connectivity index (χ2v) is 7.08. The van der Waals surface area contributed by atoms with E-state index < -0.39 is 4.92 Å². The van der Waals surface area contributed by atoms with Gasteiger partial charge in [-0.2, -0.15) is 0 Å². The topological polar surface area (TPSA) is 116 Å². The number of allylic oxidation sites excluding steroid dienone is 1. The number of carbonyl (C=O) groups excluding carboxylic acids is 1. The molecule has 0 saturated carbocycles. The summed E-state index contributed by atoms with van der Waals surface area (Å²) < 4.78 is 7.24. The third kappa shape index (κ3) is 4.72. The third-order valence-electron chi connectivity index (χ3n) is 4.06. The summed E-state index contributed by atoms with van der Waals surface area (Å²) in [6, 6.07) is 7.86. The van der Waals surface area contributed by atoms with Gasteiger partial charge >= 0.3 is 0 Å². The Hall–Kier alpha value is -3.40. The lowest BCUT2D eigenvalue weighted by atomic mass is 10.2. The largest absolute Gasteiger partial charge is 0.469 e. The van der Waals surface area contributed by atoms with Crippen molar-refractivity contribution in [3.05, 3.63) is 65.1 Å². The van der Waals surface area contributed by atoms with Crippen molar-refractivity contribution in [3.63, 3.8) is 0 Å². The number of nitro benzene ring substituents is 1. The Labute approximate surface area is 171 Å². The van der Waals surface area contributed by atoms with Crippen molar-refractivity contribution in [2.45, 2.75) is 25.0 Å². The van der Waals surface area contributed by atoms with E-state index in [1.165, 1.54) is 23.9 Å². The summed E-state index contributed by atoms with van der Waals surface area (Å²) in [6.45, 7) is 6.13. The zero-order valence-corrected chi connectivity index (χ0v) is 16.5. The minimum absolute atomic E-state index is 0.139. The second-order valence-electron chi connectivity index (χ2n) is 6.02. The van der Waals surface area contributed by atoms with Crippen molar-refractivity contribution in [3.8, 4) is 11.4 Å². The molecule has 29 heavy (non-hydrogen) atoms. The molecule has 3 aromatic rings. The molecule has 0 aliphatic heterocycles. The lowest BCUT2D eigenvalue weighted by Gasteiger charge is -2.08. The number of aryl methyl sites for hydroxylation is 1. The van der Waals surface area contributed by atoms with Crippen LogP contribution in [0.5, 0.6) is 0 Å². The maximum atomic E-state index is 12.2. The summed E-state index contributed by atoms with van der Waals surface area (Å²) in [6.07, 6.45) is 3.50. The standard InChI is InChI=1S/C19H19N5O4S/c1-3-10-23-18(14-8-11-28-13(14)2)21-22-19(23)29-12-9-17(25)20-15-6-4-5-7-16(15)24(26)27/h3-8,11H,1,9-10,12H2,2H3,(H,20,25). The number of thioether (sulfide) groups is 1. The number of nitrogens with zero attached hydrogens (tertiary/aromatic N) is 4. The number of hydrogen-bond acceptors (Lipinski definition) is 7. The van der Waals surface area contributed by atoms with Gasteiger partial charge in [0, 0.05) is 24.8 Å². The van der Waals surface area contributed by atoms with Crippen LogP contribution in [0.4, 0.5) is 11.4 Å². The Balaban J connectivity index is 1.64. The van der Waals surface area contributed by atoms with E-state index in [0.717, 1.165) is 11.3 Å². The van der Waals surface area contributed by atoms with E-state index in [9.17, 15) is 14.9 Å². The lowest BCUT2D eigenvalue weighted by Crippen LogP contribution is -2.13. The number of nitro groups is 1. The van der Waals surface area contributed by atoms with Gasteiger partial charge in [0.05, 0.1) is 16.7 Å². The molecule has 2 heterocycles. The lowest BCUT2D eigenvalue weighted by molar-refractivity contribution is -0.383. The molecule has 0 fully saturated rings. The minimum atomic E-state index is -0.526. The SMILES string of the molecule is C=CCn1c(SCCC(=O)Nc2ccccc2[N+](=O)[O-])nnc1-c1ccoc1C. The molecule has 1 amide bonds. The molecule has 0 saturated heterocycles. The van der Waals surface area contributed by atoms with E-state index in [-0.39, 0.29) is 23.7 Å². The van der Waals surface area contributed by atoms with Crippen LogP contribution in [0.2, 0.25) is 0 Å². The number of rotatable bonds is 9. The third-order valence-corrected chi connectivity index (χ3v) is 5.03. The molecular weight excluding hydrogens is 394 g/mol. The average molecular weight is 413 g/mol. The van der Waals surface area contributed by atoms with Crippen LogP contribution in [-0.4, -0.2) is 31.3 Å². The molecule has 1 aromatic carbocycles. The highest BCUT2D eigenvalue weighted by Gasteiger charge is 2.18. The van der Waals surface area contributed by atoms with Crippen LogP contribution in [0, 0.1) is 17.0 Å². The van der Waals surface area contributed by atoms with Gasteiger partial charge in [-0.25, -0.2) is 0 Å². The number of carbonyl (C=O) groups is 1. The summed E-state index contributed by atoms with van der Waals surface area (Å²) in [4.78, 5) is 22.7. The average Bonchev–Trinajstić information content (AvgIpc) is 3.28. The first-order chi connectivity index (χ1) is 14.0. The van der Waals surface area contributed by atoms with Crippen molar-refractivity contribution < 1.29 is 14.1 Å². The zero-order valence-electron chi connectivity index (χ0n) is 15.7. The first-order valence-electron chi connectivity index (χ1n) is 8.76. The van der Waals surface area contributed by atoms with Crippen molar-refractivity contribution in [2.24, 2.45) is 0 Å². The predicted molar refractivity (Wildman–Crippen MR) is 110 cm³/mol. The summed E-state index contributed by atoms with van der Waals surface area (Å²) >= 11 is 1.38. The van der Waals surface area contributed by atoms with Gasteiger partial charge in [0.1, 0.15) is 11.4 Å². The first-order valence-corrected chi connectivity index (χ1v) is 9.74. The number of benzene rings is 1. The van der Waals surface area contributed by atoms with Crippen LogP contribution in [-0.2, 0) is 11.3 Å². The van der Waals surface area contributed by atoms with Crippen LogP contribution in [0.15, 0.2) is 58.8 Å². The van der Waals surface area contributed by atoms with Crippen LogP contribution in [0.1, 0.15) is 12.2 Å². The van der Waals surface area contributed by atoms with Gasteiger partial charge in [0.15, 0.2) is 11.0 Å². The number of aromatic nitrogens is 3. The monoisotopic (exact) mass is 413 g/mol. The molecule has 0 radical (unpaired) electrons. The van der Waals surface area contributed by atoms with Crippen molar-refractivity contribution in [1.29, 1.82) is 0 Å². The van der Waals surface area contributed by atoms with Gasteiger partial charge in [-0.05, 0) is 19.1 Å². The quantitative estimate of drug-likeness (QED) is 0.243. The van der Waals surface area contributed by atoms with Gasteiger partial charge in [0.25, 0.3) is 5.69 Å². The molecule has 1 N–H and O–H groups in total. The fourth-order valence-electron chi connectivity index (χ4n) is 2.69. The van der Waals surface area contributed by atoms with E-state index in [2.05, 4.69) is 22.1 Å². The fraction of sp³-hybridized carbons (Fsp3) is 0.211. The smallest absolute Gasteiger partial charge is 0.292 e. The number of amides is 1. The van der Waals surface area contributed by atoms with Gasteiger partial charge in [-0.1, -0.05) is 30.0 Å². The molecule has 0 bridgehead atoms. The highest BCUT2D eigenvalue weighted by Crippen LogP contribution is 2.28. The molecule has 9 nitrogen and oxygen atoms in total. The maximum Gasteiger partial charge on any atom is 0.292 e. The number of para-hydroxylation sites is 2. The second kappa shape index (κ2) is 9.20. The van der Waals surface area contributed by atoms with E-state index >= 15 is 0 Å². The molecule has 3 rings (SSSR count). The number of anilines is 1. The van der Waals surface area contributed by atoms with E-state index in [0.29, 0.717) is 23.3 Å². The number of hydrogen-bond donors (Lipinski definition) is 1. The van der Waals surface area contributed by atoms with Crippen LogP contribution < -0.4 is 5.32 Å². The minimum Gasteiger partial charge on any atom is -0.469 e. The van der Waals surface area contributed by atoms with Gasteiger partial charge in [0.2, 0.25) is 5.91 Å². The fourth-order valence-corrected chi connectivity index (χ4v) is 3.58. The Bertz CT molecular complexity index is 1040. The molecule has 0 spiro atoms. The van der Waals surface area contributed by atoms with Gasteiger partial charge in [-0.3, -0.25) is 19.5 Å². The molecular formula is C19H19N5O4S. The number of furan rings is 1. The molecule has 10 heteroatoms. The van der Waals surface area contributed by atoms with E-state index in [1.807, 2.05) is 17.6 Å². The van der Waals surface area contributed by atoms with E-state index in [4.69, 9.17) is 4.42 Å². The summed E-state index contributed by atoms with van der Waals surface area (Å²) in [5.41, 5.74) is 0.889. The summed E-state index contributed by atoms with van der Waals surface area (Å²) in [5.74, 6) is 1.53. The number of nitrogens with one attached hydrogen (secondary N) is 1. The van der Waals surface area contributed by atoms with E-state index in [1.54, 1.807) is 24.5 Å².